The molecule has 0 atom stereocenters. The van der Waals surface area contributed by atoms with Crippen molar-refractivity contribution in [2.75, 3.05) is 23.7 Å². The van der Waals surface area contributed by atoms with Gasteiger partial charge in [-0.1, -0.05) is 17.7 Å². The van der Waals surface area contributed by atoms with E-state index >= 15 is 0 Å². The molecule has 0 spiro atoms. The highest BCUT2D eigenvalue weighted by Gasteiger charge is 2.27. The average molecular weight is 498 g/mol. The summed E-state index contributed by atoms with van der Waals surface area (Å²) >= 11 is 6.49. The first-order valence-electron chi connectivity index (χ1n) is 12.4. The fourth-order valence-electron chi connectivity index (χ4n) is 5.20. The first-order chi connectivity index (χ1) is 17.0. The molecular formula is C27H30ClF2N5. The zero-order valence-electron chi connectivity index (χ0n) is 19.6. The van der Waals surface area contributed by atoms with Crippen LogP contribution in [-0.2, 0) is 6.54 Å². The Hall–Kier alpha value is -2.77. The summed E-state index contributed by atoms with van der Waals surface area (Å²) in [6.07, 6.45) is 9.06. The summed E-state index contributed by atoms with van der Waals surface area (Å²) in [5, 5.41) is 7.25. The number of nitrogens with zero attached hydrogens (tertiary/aromatic N) is 3. The molecule has 184 valence electrons. The highest BCUT2D eigenvalue weighted by molar-refractivity contribution is 6.33. The van der Waals surface area contributed by atoms with Crippen molar-refractivity contribution >= 4 is 23.2 Å². The monoisotopic (exact) mass is 497 g/mol. The minimum atomic E-state index is -0.600. The summed E-state index contributed by atoms with van der Waals surface area (Å²) < 4.78 is 26.9. The molecule has 1 saturated carbocycles. The van der Waals surface area contributed by atoms with Crippen LogP contribution in [0.25, 0.3) is 11.3 Å². The van der Waals surface area contributed by atoms with E-state index in [2.05, 4.69) is 25.5 Å². The van der Waals surface area contributed by atoms with Crippen molar-refractivity contribution in [3.8, 4) is 11.3 Å². The second-order valence-electron chi connectivity index (χ2n) is 9.48. The molecule has 2 aromatic heterocycles. The van der Waals surface area contributed by atoms with E-state index < -0.39 is 11.6 Å². The Labute approximate surface area is 209 Å². The van der Waals surface area contributed by atoms with Crippen molar-refractivity contribution in [1.82, 2.24) is 14.9 Å². The van der Waals surface area contributed by atoms with E-state index in [9.17, 15) is 8.78 Å². The number of nitrogens with one attached hydrogen (secondary N) is 2. The number of hydrogen-bond acceptors (Lipinski definition) is 5. The van der Waals surface area contributed by atoms with Gasteiger partial charge in [-0.25, -0.2) is 18.7 Å². The van der Waals surface area contributed by atoms with Gasteiger partial charge in [-0.05, 0) is 87.5 Å². The molecule has 5 nitrogen and oxygen atoms in total. The molecule has 35 heavy (non-hydrogen) atoms. The molecule has 3 heterocycles. The maximum absolute atomic E-state index is 13.5. The number of anilines is 2. The highest BCUT2D eigenvalue weighted by Crippen LogP contribution is 2.31. The molecule has 1 saturated heterocycles. The highest BCUT2D eigenvalue weighted by atomic mass is 35.5. The fourth-order valence-corrected chi connectivity index (χ4v) is 5.40. The number of aromatic nitrogens is 2. The summed E-state index contributed by atoms with van der Waals surface area (Å²) in [6, 6.07) is 12.1. The molecule has 2 aliphatic rings. The van der Waals surface area contributed by atoms with E-state index in [1.54, 1.807) is 6.20 Å². The van der Waals surface area contributed by atoms with Crippen molar-refractivity contribution in [3.05, 3.63) is 70.9 Å². The van der Waals surface area contributed by atoms with E-state index in [0.717, 1.165) is 36.3 Å². The molecule has 8 heteroatoms. The minimum Gasteiger partial charge on any atom is -0.367 e. The SMILES string of the molecule is Fc1cc(F)cc(CNc2cccc(-c3cc(NC4CCC(N5CCCC5)CC4)ncc3Cl)n2)c1. The molecule has 1 aliphatic heterocycles. The van der Waals surface area contributed by atoms with Crippen LogP contribution in [0, 0.1) is 11.6 Å². The van der Waals surface area contributed by atoms with Crippen LogP contribution in [-0.4, -0.2) is 40.0 Å². The van der Waals surface area contributed by atoms with Crippen molar-refractivity contribution in [2.24, 2.45) is 0 Å². The largest absolute Gasteiger partial charge is 0.367 e. The number of halogens is 3. The van der Waals surface area contributed by atoms with E-state index in [0.29, 0.717) is 28.1 Å². The quantitative estimate of drug-likeness (QED) is 0.390. The van der Waals surface area contributed by atoms with Gasteiger partial charge in [0.15, 0.2) is 0 Å². The Balaban J connectivity index is 1.24. The minimum absolute atomic E-state index is 0.252. The molecule has 5 rings (SSSR count). The van der Waals surface area contributed by atoms with E-state index in [1.807, 2.05) is 24.3 Å². The molecule has 0 unspecified atom stereocenters. The summed E-state index contributed by atoms with van der Waals surface area (Å²) in [7, 11) is 0. The number of likely N-dealkylation sites (tertiary alicyclic amines) is 1. The standard InChI is InChI=1S/C27H30ClF2N5/c28-24-17-32-27(33-21-6-8-22(9-7-21)35-10-1-2-11-35)15-23(24)25-4-3-5-26(34-25)31-16-18-12-19(29)14-20(30)13-18/h3-5,12-15,17,21-22H,1-2,6-11,16H2,(H,31,34)(H,32,33). The molecule has 0 amide bonds. The van der Waals surface area contributed by atoms with Gasteiger partial charge in [0.2, 0.25) is 0 Å². The molecule has 2 N–H and O–H groups in total. The predicted molar refractivity (Wildman–Crippen MR) is 137 cm³/mol. The van der Waals surface area contributed by atoms with E-state index in [4.69, 9.17) is 11.6 Å². The van der Waals surface area contributed by atoms with Crippen molar-refractivity contribution < 1.29 is 8.78 Å². The smallest absolute Gasteiger partial charge is 0.126 e. The molecule has 3 aromatic rings. The number of pyridine rings is 2. The summed E-state index contributed by atoms with van der Waals surface area (Å²) in [5.41, 5.74) is 1.99. The van der Waals surface area contributed by atoms with Crippen molar-refractivity contribution in [2.45, 2.75) is 57.2 Å². The Morgan fingerprint density at radius 1 is 0.943 bits per heavy atom. The maximum Gasteiger partial charge on any atom is 0.126 e. The van der Waals surface area contributed by atoms with Crippen LogP contribution in [0.1, 0.15) is 44.1 Å². The van der Waals surface area contributed by atoms with Crippen LogP contribution in [0.15, 0.2) is 48.7 Å². The molecule has 0 radical (unpaired) electrons. The van der Waals surface area contributed by atoms with Gasteiger partial charge in [-0.3, -0.25) is 0 Å². The van der Waals surface area contributed by atoms with Crippen LogP contribution in [0.2, 0.25) is 5.02 Å². The van der Waals surface area contributed by atoms with Crippen LogP contribution in [0.4, 0.5) is 20.4 Å². The first kappa shape index (κ1) is 23.9. The molecule has 2 fully saturated rings. The topological polar surface area (TPSA) is 53.1 Å². The Morgan fingerprint density at radius 2 is 1.69 bits per heavy atom. The Kier molecular flexibility index (Phi) is 7.44. The third-order valence-corrected chi connectivity index (χ3v) is 7.28. The molecule has 0 bridgehead atoms. The van der Waals surface area contributed by atoms with Crippen LogP contribution in [0.5, 0.6) is 0 Å². The Bertz CT molecular complexity index is 1140. The lowest BCUT2D eigenvalue weighted by atomic mass is 9.90. The maximum atomic E-state index is 13.5. The molecule has 1 aromatic carbocycles. The van der Waals surface area contributed by atoms with Gasteiger partial charge in [0, 0.05) is 36.5 Å². The van der Waals surface area contributed by atoms with Crippen molar-refractivity contribution in [1.29, 1.82) is 0 Å². The first-order valence-corrected chi connectivity index (χ1v) is 12.7. The van der Waals surface area contributed by atoms with Gasteiger partial charge in [-0.15, -0.1) is 0 Å². The van der Waals surface area contributed by atoms with Gasteiger partial charge in [0.1, 0.15) is 23.3 Å². The molecular weight excluding hydrogens is 468 g/mol. The van der Waals surface area contributed by atoms with Crippen LogP contribution >= 0.6 is 11.6 Å². The number of hydrogen-bond donors (Lipinski definition) is 2. The lowest BCUT2D eigenvalue weighted by Crippen LogP contribution is -2.38. The summed E-state index contributed by atoms with van der Waals surface area (Å²) in [4.78, 5) is 11.8. The zero-order chi connectivity index (χ0) is 24.2. The second kappa shape index (κ2) is 10.9. The third kappa shape index (κ3) is 6.08. The van der Waals surface area contributed by atoms with Gasteiger partial charge < -0.3 is 15.5 Å². The lowest BCUT2D eigenvalue weighted by molar-refractivity contribution is 0.186. The third-order valence-electron chi connectivity index (χ3n) is 6.98. The van der Waals surface area contributed by atoms with Gasteiger partial charge >= 0.3 is 0 Å². The van der Waals surface area contributed by atoms with Gasteiger partial charge in [0.05, 0.1) is 10.7 Å². The van der Waals surface area contributed by atoms with Crippen LogP contribution in [0.3, 0.4) is 0 Å². The normalized spacial score (nSPS) is 20.7. The second-order valence-corrected chi connectivity index (χ2v) is 9.89. The Morgan fingerprint density at radius 3 is 2.43 bits per heavy atom. The van der Waals surface area contributed by atoms with E-state index in [1.165, 1.54) is 50.9 Å². The van der Waals surface area contributed by atoms with Gasteiger partial charge in [0.25, 0.3) is 0 Å². The number of rotatable bonds is 7. The summed E-state index contributed by atoms with van der Waals surface area (Å²) in [6.45, 7) is 2.76. The average Bonchev–Trinajstić information content (AvgIpc) is 3.39. The van der Waals surface area contributed by atoms with Gasteiger partial charge in [-0.2, -0.15) is 0 Å². The lowest BCUT2D eigenvalue weighted by Gasteiger charge is -2.35. The van der Waals surface area contributed by atoms with Crippen LogP contribution < -0.4 is 10.6 Å². The van der Waals surface area contributed by atoms with Crippen molar-refractivity contribution in [3.63, 3.8) is 0 Å². The molecule has 1 aliphatic carbocycles. The zero-order valence-corrected chi connectivity index (χ0v) is 20.4. The summed E-state index contributed by atoms with van der Waals surface area (Å²) in [5.74, 6) is 0.187. The number of benzene rings is 1. The van der Waals surface area contributed by atoms with E-state index in [-0.39, 0.29) is 6.54 Å². The predicted octanol–water partition coefficient (Wildman–Crippen LogP) is 6.51. The fraction of sp³-hybridized carbons (Fsp3) is 0.407.